The molecule has 0 bridgehead atoms. The van der Waals surface area contributed by atoms with Crippen LogP contribution in [0.1, 0.15) is 96.6 Å². The molecule has 1 aliphatic heterocycles. The number of benzene rings is 4. The van der Waals surface area contributed by atoms with E-state index < -0.39 is 73.3 Å². The summed E-state index contributed by atoms with van der Waals surface area (Å²) in [4.78, 5) is 58.3. The summed E-state index contributed by atoms with van der Waals surface area (Å²) in [5.41, 5.74) is 2.55. The van der Waals surface area contributed by atoms with Gasteiger partial charge in [0.1, 0.15) is 33.1 Å². The number of fused-ring (bicyclic) bond motifs is 1. The van der Waals surface area contributed by atoms with Crippen LogP contribution in [0.3, 0.4) is 0 Å². The van der Waals surface area contributed by atoms with E-state index in [1.165, 1.54) is 0 Å². The van der Waals surface area contributed by atoms with Crippen molar-refractivity contribution in [2.75, 3.05) is 24.3 Å². The van der Waals surface area contributed by atoms with E-state index in [4.69, 9.17) is 9.47 Å². The Labute approximate surface area is 396 Å². The van der Waals surface area contributed by atoms with Crippen LogP contribution < -0.4 is 16.0 Å². The van der Waals surface area contributed by atoms with Gasteiger partial charge in [0.25, 0.3) is 0 Å². The van der Waals surface area contributed by atoms with Gasteiger partial charge in [-0.3, -0.25) is 9.59 Å². The summed E-state index contributed by atoms with van der Waals surface area (Å²) in [6.45, 7) is 16.6. The van der Waals surface area contributed by atoms with Gasteiger partial charge in [-0.1, -0.05) is 136 Å². The van der Waals surface area contributed by atoms with E-state index in [0.717, 1.165) is 34.1 Å². The van der Waals surface area contributed by atoms with Crippen molar-refractivity contribution in [3.63, 3.8) is 0 Å². The zero-order valence-electron chi connectivity index (χ0n) is 40.1. The second-order valence-electron chi connectivity index (χ2n) is 20.1. The number of nitrogens with one attached hydrogen (secondary N) is 3. The number of thioether (sulfide) groups is 1. The first kappa shape index (κ1) is 51.8. The number of hydrogen-bond acceptors (Lipinski definition) is 10. The van der Waals surface area contributed by atoms with Crippen LogP contribution in [-0.2, 0) is 51.4 Å². The SMILES string of the molecule is CC(C)(C)OC(=O)N[C@H](CN[C@H](C(=O)N1Cc2ccccc2C[C@H]1C(=O)N[C@@H](CCS(C)(=O)=O)C(=O)OC(C)(C)C)C(C)(C)C)CSC(c1ccccc1)(c1ccccc1)c1ccccc1. The normalized spacial score (nSPS) is 16.0. The lowest BCUT2D eigenvalue weighted by Crippen LogP contribution is -2.62. The fourth-order valence-corrected chi connectivity index (χ4v) is 10.2. The van der Waals surface area contributed by atoms with Gasteiger partial charge >= 0.3 is 12.1 Å². The van der Waals surface area contributed by atoms with Crippen LogP contribution in [0.2, 0.25) is 0 Å². The molecule has 0 radical (unpaired) electrons. The molecule has 4 aromatic rings. The zero-order valence-corrected chi connectivity index (χ0v) is 41.7. The molecule has 4 aromatic carbocycles. The number of carbonyl (C=O) groups excluding carboxylic acids is 4. The Balaban J connectivity index is 1.50. The molecule has 0 saturated carbocycles. The fraction of sp³-hybridized carbons (Fsp3) is 0.462. The Kier molecular flexibility index (Phi) is 17.0. The zero-order chi connectivity index (χ0) is 48.5. The highest BCUT2D eigenvalue weighted by molar-refractivity contribution is 8.00. The van der Waals surface area contributed by atoms with Crippen molar-refractivity contribution < 1.29 is 37.1 Å². The number of carbonyl (C=O) groups is 4. The lowest BCUT2D eigenvalue weighted by molar-refractivity contribution is -0.159. The average Bonchev–Trinajstić information content (AvgIpc) is 3.23. The molecule has 0 spiro atoms. The predicted octanol–water partition coefficient (Wildman–Crippen LogP) is 7.82. The van der Waals surface area contributed by atoms with Gasteiger partial charge in [0.2, 0.25) is 11.8 Å². The molecule has 0 saturated heterocycles. The largest absolute Gasteiger partial charge is 0.458 e. The quantitative estimate of drug-likeness (QED) is 0.0704. The van der Waals surface area contributed by atoms with Crippen molar-refractivity contribution >= 4 is 45.5 Å². The lowest BCUT2D eigenvalue weighted by Gasteiger charge is -2.42. The van der Waals surface area contributed by atoms with Gasteiger partial charge < -0.3 is 30.3 Å². The molecule has 0 aliphatic carbocycles. The number of amides is 3. The molecule has 0 fully saturated rings. The summed E-state index contributed by atoms with van der Waals surface area (Å²) in [6, 6.07) is 34.6. The highest BCUT2D eigenvalue weighted by Crippen LogP contribution is 2.48. The smallest absolute Gasteiger partial charge is 0.407 e. The topological polar surface area (TPSA) is 160 Å². The van der Waals surface area contributed by atoms with Crippen LogP contribution >= 0.6 is 11.8 Å². The number of sulfone groups is 1. The van der Waals surface area contributed by atoms with Gasteiger partial charge in [0, 0.05) is 31.5 Å². The van der Waals surface area contributed by atoms with Crippen molar-refractivity contribution in [2.24, 2.45) is 5.41 Å². The third-order valence-electron chi connectivity index (χ3n) is 11.1. The number of esters is 1. The Morgan fingerprint density at radius 3 is 1.65 bits per heavy atom. The average molecular weight is 941 g/mol. The maximum absolute atomic E-state index is 15.2. The molecule has 4 atom stereocenters. The number of alkyl carbamates (subject to hydrolysis) is 1. The molecule has 5 rings (SSSR count). The summed E-state index contributed by atoms with van der Waals surface area (Å²) >= 11 is 1.67. The van der Waals surface area contributed by atoms with Gasteiger partial charge in [-0.05, 0) is 81.2 Å². The molecular formula is C52H68N4O8S2. The Morgan fingerprint density at radius 2 is 1.18 bits per heavy atom. The van der Waals surface area contributed by atoms with Crippen LogP contribution in [0.5, 0.6) is 0 Å². The first-order chi connectivity index (χ1) is 30.9. The minimum absolute atomic E-state index is 0.116. The first-order valence-electron chi connectivity index (χ1n) is 22.5. The fourth-order valence-electron chi connectivity index (χ4n) is 8.02. The Hall–Kier alpha value is -5.18. The summed E-state index contributed by atoms with van der Waals surface area (Å²) in [6.07, 6.45) is 0.431. The van der Waals surface area contributed by atoms with Crippen LogP contribution in [0.4, 0.5) is 4.79 Å². The molecule has 3 amide bonds. The van der Waals surface area contributed by atoms with Crippen molar-refractivity contribution in [3.05, 3.63) is 143 Å². The number of rotatable bonds is 17. The molecule has 3 N–H and O–H groups in total. The molecule has 1 heterocycles. The monoisotopic (exact) mass is 940 g/mol. The number of nitrogens with zero attached hydrogens (tertiary/aromatic N) is 1. The second-order valence-corrected chi connectivity index (χ2v) is 23.6. The van der Waals surface area contributed by atoms with E-state index in [1.54, 1.807) is 58.2 Å². The van der Waals surface area contributed by atoms with Gasteiger partial charge in [0.05, 0.1) is 22.6 Å². The maximum Gasteiger partial charge on any atom is 0.407 e. The number of hydrogen-bond donors (Lipinski definition) is 3. The molecule has 356 valence electrons. The summed E-state index contributed by atoms with van der Waals surface area (Å²) in [5, 5.41) is 9.44. The second kappa shape index (κ2) is 21.6. The van der Waals surface area contributed by atoms with E-state index >= 15 is 4.79 Å². The molecule has 12 nitrogen and oxygen atoms in total. The third-order valence-corrected chi connectivity index (χ3v) is 13.8. The predicted molar refractivity (Wildman–Crippen MR) is 263 cm³/mol. The molecule has 0 aromatic heterocycles. The molecule has 14 heteroatoms. The van der Waals surface area contributed by atoms with Crippen LogP contribution in [0.15, 0.2) is 115 Å². The lowest BCUT2D eigenvalue weighted by atomic mass is 9.84. The minimum Gasteiger partial charge on any atom is -0.458 e. The highest BCUT2D eigenvalue weighted by atomic mass is 32.2. The van der Waals surface area contributed by atoms with Crippen molar-refractivity contribution in [2.45, 2.75) is 122 Å². The van der Waals surface area contributed by atoms with Crippen LogP contribution in [0.25, 0.3) is 0 Å². The molecular weight excluding hydrogens is 873 g/mol. The first-order valence-corrected chi connectivity index (χ1v) is 25.5. The Bertz CT molecular complexity index is 2280. The minimum atomic E-state index is -3.50. The van der Waals surface area contributed by atoms with E-state index in [0.29, 0.717) is 5.75 Å². The van der Waals surface area contributed by atoms with Crippen LogP contribution in [-0.4, -0.2) is 96.9 Å². The molecule has 66 heavy (non-hydrogen) atoms. The van der Waals surface area contributed by atoms with Crippen molar-refractivity contribution in [1.82, 2.24) is 20.9 Å². The van der Waals surface area contributed by atoms with E-state index in [9.17, 15) is 22.8 Å². The summed E-state index contributed by atoms with van der Waals surface area (Å²) in [7, 11) is -3.50. The van der Waals surface area contributed by atoms with Gasteiger partial charge in [-0.2, -0.15) is 0 Å². The van der Waals surface area contributed by atoms with Gasteiger partial charge in [-0.15, -0.1) is 11.8 Å². The van der Waals surface area contributed by atoms with Crippen molar-refractivity contribution in [3.8, 4) is 0 Å². The van der Waals surface area contributed by atoms with Gasteiger partial charge in [0.15, 0.2) is 0 Å². The molecule has 1 aliphatic rings. The van der Waals surface area contributed by atoms with Gasteiger partial charge in [-0.25, -0.2) is 18.0 Å². The van der Waals surface area contributed by atoms with E-state index in [-0.39, 0.29) is 37.6 Å². The van der Waals surface area contributed by atoms with E-state index in [2.05, 4.69) is 52.3 Å². The van der Waals surface area contributed by atoms with E-state index in [1.807, 2.05) is 99.6 Å². The summed E-state index contributed by atoms with van der Waals surface area (Å²) in [5.74, 6) is -1.69. The maximum atomic E-state index is 15.2. The Morgan fingerprint density at radius 1 is 0.697 bits per heavy atom. The van der Waals surface area contributed by atoms with Crippen LogP contribution in [0, 0.1) is 5.41 Å². The third kappa shape index (κ3) is 14.4. The van der Waals surface area contributed by atoms with Crippen molar-refractivity contribution in [1.29, 1.82) is 0 Å². The highest BCUT2D eigenvalue weighted by Gasteiger charge is 2.43. The summed E-state index contributed by atoms with van der Waals surface area (Å²) < 4.78 is 35.2. The standard InChI is InChI=1S/C52H68N4O8S2/c1-49(2,3)44(46(58)56-34-37-23-21-20-22-36(37)32-43(56)45(57)55-42(30-31-66(10,61)62)47(59)63-50(4,5)6)53-33-41(54-48(60)64-51(7,8)9)35-65-52(38-24-14-11-15-25-38,39-26-16-12-17-27-39)40-28-18-13-19-29-40/h11-29,41-44,53H,30-35H2,1-10H3,(H,54,60)(H,55,57)/t41-,42+,43+,44-/m1/s1. The number of ether oxygens (including phenoxy) is 2. The molecule has 0 unspecified atom stereocenters.